The van der Waals surface area contributed by atoms with Crippen LogP contribution >= 0.6 is 0 Å². The van der Waals surface area contributed by atoms with Crippen LogP contribution in [0.4, 0.5) is 0 Å². The van der Waals surface area contributed by atoms with E-state index in [1.165, 1.54) is 6.42 Å². The second-order valence-corrected chi connectivity index (χ2v) is 7.89. The average molecular weight is 310 g/mol. The molecule has 0 radical (unpaired) electrons. The molecular formula is C16H26N2O2S. The molecule has 0 heterocycles. The van der Waals surface area contributed by atoms with Gasteiger partial charge in [0, 0.05) is 12.1 Å². The van der Waals surface area contributed by atoms with Crippen LogP contribution in [0.25, 0.3) is 0 Å². The lowest BCUT2D eigenvalue weighted by molar-refractivity contribution is 0.327. The number of sulfonamides is 1. The van der Waals surface area contributed by atoms with Crippen LogP contribution in [-0.4, -0.2) is 14.5 Å². The molecule has 0 aliphatic heterocycles. The molecule has 3 N–H and O–H groups in total. The van der Waals surface area contributed by atoms with Crippen molar-refractivity contribution in [1.82, 2.24) is 4.72 Å². The molecule has 3 unspecified atom stereocenters. The highest BCUT2D eigenvalue weighted by Gasteiger charge is 2.24. The van der Waals surface area contributed by atoms with Gasteiger partial charge in [-0.1, -0.05) is 38.8 Å². The van der Waals surface area contributed by atoms with Gasteiger partial charge in [-0.25, -0.2) is 13.1 Å². The highest BCUT2D eigenvalue weighted by atomic mass is 32.2. The standard InChI is InChI=1S/C16H26N2O2S/c1-3-16(17)13-7-5-9-15(11-13)21(19,20)18-14-8-4-6-12(2)10-14/h5,7,9,11-12,14,16,18H,3-4,6,8,10,17H2,1-2H3. The second-order valence-electron chi connectivity index (χ2n) is 6.18. The second kappa shape index (κ2) is 6.90. The summed E-state index contributed by atoms with van der Waals surface area (Å²) in [6.07, 6.45) is 4.93. The van der Waals surface area contributed by atoms with Crippen LogP contribution < -0.4 is 10.5 Å². The number of benzene rings is 1. The van der Waals surface area contributed by atoms with E-state index in [-0.39, 0.29) is 12.1 Å². The summed E-state index contributed by atoms with van der Waals surface area (Å²) in [5, 5.41) is 0. The summed E-state index contributed by atoms with van der Waals surface area (Å²) < 4.78 is 27.9. The molecule has 1 fully saturated rings. The first-order valence-corrected chi connectivity index (χ1v) is 9.28. The fourth-order valence-corrected chi connectivity index (χ4v) is 4.31. The van der Waals surface area contributed by atoms with Gasteiger partial charge in [0.2, 0.25) is 10.0 Å². The van der Waals surface area contributed by atoms with Crippen molar-refractivity contribution in [3.8, 4) is 0 Å². The van der Waals surface area contributed by atoms with E-state index in [9.17, 15) is 8.42 Å². The Kier molecular flexibility index (Phi) is 5.41. The van der Waals surface area contributed by atoms with E-state index in [2.05, 4.69) is 11.6 Å². The first-order chi connectivity index (χ1) is 9.92. The molecule has 0 spiro atoms. The lowest BCUT2D eigenvalue weighted by Crippen LogP contribution is -2.38. The van der Waals surface area contributed by atoms with Crippen LogP contribution in [0.5, 0.6) is 0 Å². The summed E-state index contributed by atoms with van der Waals surface area (Å²) in [6, 6.07) is 6.93. The molecule has 4 nitrogen and oxygen atoms in total. The van der Waals surface area contributed by atoms with E-state index in [4.69, 9.17) is 5.73 Å². The molecule has 118 valence electrons. The van der Waals surface area contributed by atoms with Crippen LogP contribution in [-0.2, 0) is 10.0 Å². The quantitative estimate of drug-likeness (QED) is 0.878. The molecule has 2 rings (SSSR count). The van der Waals surface area contributed by atoms with Crippen LogP contribution in [0.1, 0.15) is 57.6 Å². The van der Waals surface area contributed by atoms with Crippen molar-refractivity contribution < 1.29 is 8.42 Å². The Balaban J connectivity index is 2.15. The third kappa shape index (κ3) is 4.28. The van der Waals surface area contributed by atoms with Crippen molar-refractivity contribution in [1.29, 1.82) is 0 Å². The third-order valence-electron chi connectivity index (χ3n) is 4.29. The maximum atomic E-state index is 12.5. The van der Waals surface area contributed by atoms with Crippen molar-refractivity contribution in [3.63, 3.8) is 0 Å². The topological polar surface area (TPSA) is 72.2 Å². The van der Waals surface area contributed by atoms with Crippen molar-refractivity contribution in [2.24, 2.45) is 11.7 Å². The van der Waals surface area contributed by atoms with Gasteiger partial charge in [-0.05, 0) is 42.9 Å². The highest BCUT2D eigenvalue weighted by Crippen LogP contribution is 2.25. The van der Waals surface area contributed by atoms with Crippen molar-refractivity contribution in [3.05, 3.63) is 29.8 Å². The van der Waals surface area contributed by atoms with Gasteiger partial charge in [-0.3, -0.25) is 0 Å². The minimum atomic E-state index is -3.45. The van der Waals surface area contributed by atoms with Gasteiger partial charge in [0.15, 0.2) is 0 Å². The zero-order chi connectivity index (χ0) is 15.5. The molecule has 1 saturated carbocycles. The number of nitrogens with two attached hydrogens (primary N) is 1. The minimum Gasteiger partial charge on any atom is -0.324 e. The molecule has 1 aromatic carbocycles. The monoisotopic (exact) mass is 310 g/mol. The highest BCUT2D eigenvalue weighted by molar-refractivity contribution is 7.89. The first kappa shape index (κ1) is 16.5. The molecule has 3 atom stereocenters. The molecule has 0 amide bonds. The van der Waals surface area contributed by atoms with Crippen LogP contribution in [0.3, 0.4) is 0 Å². The Labute approximate surface area is 128 Å². The summed E-state index contributed by atoms with van der Waals surface area (Å²) in [4.78, 5) is 0.321. The minimum absolute atomic E-state index is 0.0576. The van der Waals surface area contributed by atoms with E-state index in [0.717, 1.165) is 31.2 Å². The molecule has 0 aromatic heterocycles. The van der Waals surface area contributed by atoms with Gasteiger partial charge in [0.25, 0.3) is 0 Å². The first-order valence-electron chi connectivity index (χ1n) is 7.80. The zero-order valence-electron chi connectivity index (χ0n) is 12.9. The maximum absolute atomic E-state index is 12.5. The van der Waals surface area contributed by atoms with Crippen molar-refractivity contribution in [2.45, 2.75) is 62.9 Å². The number of hydrogen-bond acceptors (Lipinski definition) is 3. The molecule has 1 aromatic rings. The summed E-state index contributed by atoms with van der Waals surface area (Å²) in [7, 11) is -3.45. The van der Waals surface area contributed by atoms with E-state index >= 15 is 0 Å². The third-order valence-corrected chi connectivity index (χ3v) is 5.81. The van der Waals surface area contributed by atoms with E-state index < -0.39 is 10.0 Å². The van der Waals surface area contributed by atoms with Gasteiger partial charge >= 0.3 is 0 Å². The fraction of sp³-hybridized carbons (Fsp3) is 0.625. The zero-order valence-corrected chi connectivity index (χ0v) is 13.7. The van der Waals surface area contributed by atoms with Crippen molar-refractivity contribution in [2.75, 3.05) is 0 Å². The Morgan fingerprint density at radius 3 is 2.81 bits per heavy atom. The Hall–Kier alpha value is -0.910. The largest absolute Gasteiger partial charge is 0.324 e. The summed E-state index contributed by atoms with van der Waals surface area (Å²) in [5.74, 6) is 0.589. The van der Waals surface area contributed by atoms with E-state index in [1.54, 1.807) is 18.2 Å². The molecular weight excluding hydrogens is 284 g/mol. The molecule has 1 aliphatic carbocycles. The van der Waals surface area contributed by atoms with Gasteiger partial charge in [-0.15, -0.1) is 0 Å². The summed E-state index contributed by atoms with van der Waals surface area (Å²) >= 11 is 0. The molecule has 21 heavy (non-hydrogen) atoms. The molecule has 5 heteroatoms. The molecule has 1 aliphatic rings. The lowest BCUT2D eigenvalue weighted by atomic mass is 9.88. The van der Waals surface area contributed by atoms with E-state index in [1.807, 2.05) is 13.0 Å². The normalized spacial score (nSPS) is 24.7. The number of rotatable bonds is 5. The Morgan fingerprint density at radius 1 is 1.38 bits per heavy atom. The SMILES string of the molecule is CCC(N)c1cccc(S(=O)(=O)NC2CCCC(C)C2)c1. The maximum Gasteiger partial charge on any atom is 0.240 e. The van der Waals surface area contributed by atoms with Gasteiger partial charge in [0.05, 0.1) is 4.90 Å². The lowest BCUT2D eigenvalue weighted by Gasteiger charge is -2.27. The van der Waals surface area contributed by atoms with Crippen molar-refractivity contribution >= 4 is 10.0 Å². The van der Waals surface area contributed by atoms with Gasteiger partial charge < -0.3 is 5.73 Å². The van der Waals surface area contributed by atoms with Crippen LogP contribution in [0, 0.1) is 5.92 Å². The van der Waals surface area contributed by atoms with Gasteiger partial charge in [0.1, 0.15) is 0 Å². The molecule has 0 saturated heterocycles. The van der Waals surface area contributed by atoms with Crippen LogP contribution in [0.2, 0.25) is 0 Å². The summed E-state index contributed by atoms with van der Waals surface area (Å²) in [6.45, 7) is 4.18. The predicted molar refractivity (Wildman–Crippen MR) is 85.4 cm³/mol. The van der Waals surface area contributed by atoms with Crippen LogP contribution in [0.15, 0.2) is 29.2 Å². The average Bonchev–Trinajstić information content (AvgIpc) is 2.46. The van der Waals surface area contributed by atoms with Gasteiger partial charge in [-0.2, -0.15) is 0 Å². The predicted octanol–water partition coefficient (Wildman–Crippen LogP) is 2.95. The van der Waals surface area contributed by atoms with E-state index in [0.29, 0.717) is 10.8 Å². The smallest absolute Gasteiger partial charge is 0.240 e. The number of nitrogens with one attached hydrogen (secondary N) is 1. The fourth-order valence-electron chi connectivity index (χ4n) is 2.98. The Bertz CT molecular complexity index is 571. The molecule has 0 bridgehead atoms. The Morgan fingerprint density at radius 2 is 2.14 bits per heavy atom. The number of hydrogen-bond donors (Lipinski definition) is 2. The summed E-state index contributed by atoms with van der Waals surface area (Å²) in [5.41, 5.74) is 6.87.